The van der Waals surface area contributed by atoms with E-state index >= 15 is 0 Å². The molecule has 0 radical (unpaired) electrons. The number of carbonyl (C=O) groups excluding carboxylic acids is 2. The van der Waals surface area contributed by atoms with Gasteiger partial charge in [0.05, 0.1) is 0 Å². The summed E-state index contributed by atoms with van der Waals surface area (Å²) in [4.78, 5) is 31.4. The van der Waals surface area contributed by atoms with Crippen molar-refractivity contribution < 1.29 is 9.59 Å². The van der Waals surface area contributed by atoms with Crippen molar-refractivity contribution >= 4 is 35.0 Å². The van der Waals surface area contributed by atoms with Gasteiger partial charge in [0.15, 0.2) is 0 Å². The predicted molar refractivity (Wildman–Crippen MR) is 108 cm³/mol. The van der Waals surface area contributed by atoms with Gasteiger partial charge in [-0.05, 0) is 47.6 Å². The van der Waals surface area contributed by atoms with Gasteiger partial charge >= 0.3 is 0 Å². The molecule has 0 bridgehead atoms. The van der Waals surface area contributed by atoms with Gasteiger partial charge < -0.3 is 10.2 Å². The molecule has 0 fully saturated rings. The number of carbonyl (C=O) groups is 2. The first-order valence-corrected chi connectivity index (χ1v) is 10.0. The highest BCUT2D eigenvalue weighted by molar-refractivity contribution is 7.09. The quantitative estimate of drug-likeness (QED) is 0.654. The number of aryl methyl sites for hydroxylation is 1. The third-order valence-electron chi connectivity index (χ3n) is 4.88. The van der Waals surface area contributed by atoms with Crippen LogP contribution in [-0.2, 0) is 22.4 Å². The molecule has 0 aromatic carbocycles. The lowest BCUT2D eigenvalue weighted by Crippen LogP contribution is -2.33. The zero-order valence-corrected chi connectivity index (χ0v) is 15.8. The summed E-state index contributed by atoms with van der Waals surface area (Å²) in [6.07, 6.45) is 10.4. The highest BCUT2D eigenvalue weighted by Gasteiger charge is 2.17. The standard InChI is InChI=1S/C21H21N3O2S/c25-19-5-4-17-12-16(14-22-21(17)23-19)3-6-20(26)24-9-7-15(8-10-24)13-18-2-1-11-27-18/h1-3,6-7,11-12,14H,4-5,8-10,13H2,(H,22,23,25)/b6-3+. The first-order chi connectivity index (χ1) is 13.2. The molecule has 2 amide bonds. The molecule has 27 heavy (non-hydrogen) atoms. The number of pyridine rings is 1. The molecule has 4 rings (SSSR count). The molecule has 0 spiro atoms. The molecule has 6 heteroatoms. The molecule has 0 atom stereocenters. The fourth-order valence-corrected chi connectivity index (χ4v) is 4.11. The smallest absolute Gasteiger partial charge is 0.246 e. The maximum Gasteiger partial charge on any atom is 0.246 e. The summed E-state index contributed by atoms with van der Waals surface area (Å²) in [7, 11) is 0. The summed E-state index contributed by atoms with van der Waals surface area (Å²) in [5, 5.41) is 4.87. The zero-order valence-electron chi connectivity index (χ0n) is 15.0. The molecule has 2 aliphatic rings. The molecule has 5 nitrogen and oxygen atoms in total. The van der Waals surface area contributed by atoms with Crippen molar-refractivity contribution in [2.45, 2.75) is 25.7 Å². The molecule has 2 aromatic heterocycles. The lowest BCUT2D eigenvalue weighted by atomic mass is 10.0. The Morgan fingerprint density at radius 1 is 1.33 bits per heavy atom. The number of thiophene rings is 1. The maximum absolute atomic E-state index is 12.5. The third-order valence-corrected chi connectivity index (χ3v) is 5.76. The monoisotopic (exact) mass is 379 g/mol. The fourth-order valence-electron chi connectivity index (χ4n) is 3.35. The normalized spacial score (nSPS) is 16.8. The van der Waals surface area contributed by atoms with E-state index < -0.39 is 0 Å². The van der Waals surface area contributed by atoms with E-state index in [0.717, 1.165) is 30.5 Å². The van der Waals surface area contributed by atoms with Crippen LogP contribution >= 0.6 is 11.3 Å². The van der Waals surface area contributed by atoms with Crippen LogP contribution in [0.1, 0.15) is 28.8 Å². The maximum atomic E-state index is 12.5. The zero-order chi connectivity index (χ0) is 18.6. The van der Waals surface area contributed by atoms with Gasteiger partial charge in [-0.15, -0.1) is 11.3 Å². The van der Waals surface area contributed by atoms with Crippen molar-refractivity contribution in [1.29, 1.82) is 0 Å². The van der Waals surface area contributed by atoms with Gasteiger partial charge in [-0.3, -0.25) is 9.59 Å². The Morgan fingerprint density at radius 3 is 3.04 bits per heavy atom. The van der Waals surface area contributed by atoms with E-state index in [1.54, 1.807) is 29.7 Å². The van der Waals surface area contributed by atoms with E-state index in [4.69, 9.17) is 0 Å². The summed E-state index contributed by atoms with van der Waals surface area (Å²) >= 11 is 1.78. The van der Waals surface area contributed by atoms with Crippen LogP contribution in [-0.4, -0.2) is 34.8 Å². The number of anilines is 1. The molecular weight excluding hydrogens is 358 g/mol. The lowest BCUT2D eigenvalue weighted by molar-refractivity contribution is -0.125. The predicted octanol–water partition coefficient (Wildman–Crippen LogP) is 3.44. The summed E-state index contributed by atoms with van der Waals surface area (Å²) in [6.45, 7) is 1.42. The highest BCUT2D eigenvalue weighted by Crippen LogP contribution is 2.22. The highest BCUT2D eigenvalue weighted by atomic mass is 32.1. The van der Waals surface area contributed by atoms with E-state index in [9.17, 15) is 9.59 Å². The molecule has 2 aromatic rings. The van der Waals surface area contributed by atoms with Crippen molar-refractivity contribution in [3.63, 3.8) is 0 Å². The molecule has 0 saturated heterocycles. The Bertz CT molecular complexity index is 916. The number of amides is 2. The molecule has 4 heterocycles. The molecule has 2 aliphatic heterocycles. The summed E-state index contributed by atoms with van der Waals surface area (Å²) in [5.41, 5.74) is 3.30. The number of hydrogen-bond donors (Lipinski definition) is 1. The molecular formula is C21H21N3O2S. The second-order valence-electron chi connectivity index (χ2n) is 6.81. The second kappa shape index (κ2) is 7.88. The summed E-state index contributed by atoms with van der Waals surface area (Å²) in [5.74, 6) is 0.659. The van der Waals surface area contributed by atoms with Gasteiger partial charge in [-0.2, -0.15) is 0 Å². The fraction of sp³-hybridized carbons (Fsp3) is 0.286. The Kier molecular flexibility index (Phi) is 5.16. The number of nitrogens with one attached hydrogen (secondary N) is 1. The van der Waals surface area contributed by atoms with Crippen LogP contribution in [0.4, 0.5) is 5.82 Å². The minimum atomic E-state index is 0.00470. The van der Waals surface area contributed by atoms with Crippen LogP contribution in [0.2, 0.25) is 0 Å². The van der Waals surface area contributed by atoms with E-state index in [1.165, 1.54) is 10.5 Å². The number of aromatic nitrogens is 1. The van der Waals surface area contributed by atoms with Gasteiger partial charge in [0, 0.05) is 43.1 Å². The second-order valence-corrected chi connectivity index (χ2v) is 7.84. The molecule has 0 saturated carbocycles. The lowest BCUT2D eigenvalue weighted by Gasteiger charge is -2.25. The number of rotatable bonds is 4. The van der Waals surface area contributed by atoms with Crippen LogP contribution in [0, 0.1) is 0 Å². The summed E-state index contributed by atoms with van der Waals surface area (Å²) in [6, 6.07) is 6.22. The van der Waals surface area contributed by atoms with Crippen LogP contribution in [0.3, 0.4) is 0 Å². The minimum Gasteiger partial charge on any atom is -0.335 e. The minimum absolute atomic E-state index is 0.00470. The largest absolute Gasteiger partial charge is 0.335 e. The Balaban J connectivity index is 1.35. The Labute approximate surface area is 162 Å². The topological polar surface area (TPSA) is 62.3 Å². The van der Waals surface area contributed by atoms with Crippen molar-refractivity contribution in [2.24, 2.45) is 0 Å². The number of hydrogen-bond acceptors (Lipinski definition) is 4. The molecule has 0 aliphatic carbocycles. The van der Waals surface area contributed by atoms with E-state index in [0.29, 0.717) is 25.2 Å². The van der Waals surface area contributed by atoms with Crippen LogP contribution < -0.4 is 5.32 Å². The van der Waals surface area contributed by atoms with E-state index in [2.05, 4.69) is 33.9 Å². The average Bonchev–Trinajstić information content (AvgIpc) is 3.19. The number of fused-ring (bicyclic) bond motifs is 1. The van der Waals surface area contributed by atoms with Gasteiger partial charge in [0.25, 0.3) is 0 Å². The SMILES string of the molecule is O=C1CCc2cc(/C=C/C(=O)N3CC=C(Cc4cccs4)CC3)cnc2N1. The first-order valence-electron chi connectivity index (χ1n) is 9.13. The van der Waals surface area contributed by atoms with Crippen LogP contribution in [0.15, 0.2) is 47.5 Å². The molecule has 138 valence electrons. The van der Waals surface area contributed by atoms with E-state index in [-0.39, 0.29) is 11.8 Å². The van der Waals surface area contributed by atoms with Crippen LogP contribution in [0.25, 0.3) is 6.08 Å². The Morgan fingerprint density at radius 2 is 2.26 bits per heavy atom. The average molecular weight is 379 g/mol. The van der Waals surface area contributed by atoms with Gasteiger partial charge in [0.1, 0.15) is 5.82 Å². The van der Waals surface area contributed by atoms with Crippen molar-refractivity contribution in [2.75, 3.05) is 18.4 Å². The third kappa shape index (κ3) is 4.34. The summed E-state index contributed by atoms with van der Waals surface area (Å²) < 4.78 is 0. The van der Waals surface area contributed by atoms with Crippen molar-refractivity contribution in [3.8, 4) is 0 Å². The Hall–Kier alpha value is -2.73. The molecule has 1 N–H and O–H groups in total. The van der Waals surface area contributed by atoms with Gasteiger partial charge in [-0.25, -0.2) is 4.98 Å². The van der Waals surface area contributed by atoms with Gasteiger partial charge in [0.2, 0.25) is 11.8 Å². The van der Waals surface area contributed by atoms with Gasteiger partial charge in [-0.1, -0.05) is 17.7 Å². The van der Waals surface area contributed by atoms with Crippen LogP contribution in [0.5, 0.6) is 0 Å². The first kappa shape index (κ1) is 17.7. The van der Waals surface area contributed by atoms with Crippen molar-refractivity contribution in [3.05, 3.63) is 63.5 Å². The number of nitrogens with zero attached hydrogens (tertiary/aromatic N) is 2. The molecule has 0 unspecified atom stereocenters. The van der Waals surface area contributed by atoms with E-state index in [1.807, 2.05) is 11.0 Å². The van der Waals surface area contributed by atoms with Crippen molar-refractivity contribution in [1.82, 2.24) is 9.88 Å².